The van der Waals surface area contributed by atoms with Gasteiger partial charge in [-0.1, -0.05) is 65.4 Å². The quantitative estimate of drug-likeness (QED) is 0.125. The smallest absolute Gasteiger partial charge is 0.219 e. The van der Waals surface area contributed by atoms with E-state index in [-0.39, 0.29) is 5.82 Å². The zero-order chi connectivity index (χ0) is 23.1. The molecule has 0 bridgehead atoms. The van der Waals surface area contributed by atoms with Crippen molar-refractivity contribution < 1.29 is 9.18 Å². The maximum Gasteiger partial charge on any atom is 0.219 e. The number of allylic oxidation sites excluding steroid dienone is 2. The van der Waals surface area contributed by atoms with Crippen LogP contribution < -0.4 is 9.80 Å². The lowest BCUT2D eigenvalue weighted by molar-refractivity contribution is -0.106. The molecule has 0 radical (unpaired) electrons. The summed E-state index contributed by atoms with van der Waals surface area (Å²) in [5, 5.41) is 0. The van der Waals surface area contributed by atoms with E-state index < -0.39 is 0 Å². The van der Waals surface area contributed by atoms with E-state index in [0.717, 1.165) is 38.0 Å². The van der Waals surface area contributed by atoms with Crippen LogP contribution >= 0.6 is 0 Å². The number of nitrogens with zero attached hydrogens (tertiary/aromatic N) is 3. The highest BCUT2D eigenvalue weighted by Gasteiger charge is 2.16. The van der Waals surface area contributed by atoms with Gasteiger partial charge in [0.25, 0.3) is 0 Å². The Kier molecular flexibility index (Phi) is 13.5. The van der Waals surface area contributed by atoms with Crippen LogP contribution in [0.25, 0.3) is 0 Å². The predicted molar refractivity (Wildman–Crippen MR) is 133 cm³/mol. The number of anilines is 2. The Morgan fingerprint density at radius 3 is 2.06 bits per heavy atom. The maximum absolute atomic E-state index is 15.2. The number of amides is 1. The van der Waals surface area contributed by atoms with Crippen molar-refractivity contribution in [3.8, 4) is 0 Å². The van der Waals surface area contributed by atoms with E-state index in [0.29, 0.717) is 23.6 Å². The van der Waals surface area contributed by atoms with E-state index in [1.807, 2.05) is 32.1 Å². The average Bonchev–Trinajstić information content (AvgIpc) is 2.77. The Bertz CT molecular complexity index is 703. The lowest BCUT2D eigenvalue weighted by atomic mass is 10.1. The Labute approximate surface area is 189 Å². The molecule has 4 nitrogen and oxygen atoms in total. The number of rotatable bonds is 15. The molecule has 0 fully saturated rings. The average molecular weight is 432 g/mol. The molecule has 1 aromatic carbocycles. The van der Waals surface area contributed by atoms with Gasteiger partial charge in [-0.25, -0.2) is 9.38 Å². The molecule has 0 aliphatic rings. The van der Waals surface area contributed by atoms with Gasteiger partial charge in [-0.05, 0) is 45.2 Å². The number of halogens is 1. The zero-order valence-electron chi connectivity index (χ0n) is 20.3. The molecule has 0 spiro atoms. The summed E-state index contributed by atoms with van der Waals surface area (Å²) in [7, 11) is 0. The van der Waals surface area contributed by atoms with Gasteiger partial charge in [0.15, 0.2) is 0 Å². The highest BCUT2D eigenvalue weighted by atomic mass is 19.1. The summed E-state index contributed by atoms with van der Waals surface area (Å²) >= 11 is 0. The second-order valence-corrected chi connectivity index (χ2v) is 8.01. The molecule has 1 amide bonds. The number of carbonyl (C=O) groups excluding carboxylic acids is 1. The Morgan fingerprint density at radius 2 is 1.61 bits per heavy atom. The van der Waals surface area contributed by atoms with Gasteiger partial charge in [-0.3, -0.25) is 9.69 Å². The molecule has 1 aromatic rings. The van der Waals surface area contributed by atoms with Crippen molar-refractivity contribution in [3.63, 3.8) is 0 Å². The second-order valence-electron chi connectivity index (χ2n) is 8.01. The van der Waals surface area contributed by atoms with Crippen LogP contribution in [0.2, 0.25) is 0 Å². The fourth-order valence-corrected chi connectivity index (χ4v) is 3.65. The summed E-state index contributed by atoms with van der Waals surface area (Å²) < 4.78 is 15.2. The van der Waals surface area contributed by atoms with Crippen molar-refractivity contribution in [1.29, 1.82) is 0 Å². The van der Waals surface area contributed by atoms with E-state index in [1.54, 1.807) is 6.92 Å². The molecular formula is C26H42FN3O. The molecule has 174 valence electrons. The molecule has 0 saturated heterocycles. The van der Waals surface area contributed by atoms with E-state index in [2.05, 4.69) is 23.7 Å². The van der Waals surface area contributed by atoms with E-state index >= 15 is 4.39 Å². The highest BCUT2D eigenvalue weighted by Crippen LogP contribution is 2.26. The summed E-state index contributed by atoms with van der Waals surface area (Å²) in [6.07, 6.45) is 12.7. The van der Waals surface area contributed by atoms with Crippen molar-refractivity contribution in [2.75, 3.05) is 22.9 Å². The summed E-state index contributed by atoms with van der Waals surface area (Å²) in [4.78, 5) is 19.8. The molecule has 31 heavy (non-hydrogen) atoms. The standard InChI is InChI=1S/C26H42FN3O/c1-6-10-12-14-18-29(19-15-13-11-7-2)26-17-16-24(20-25(26)27)30(21-31)22(5)28-23(8-3)9-4/h8,16-17,20-21H,6-7,9-15,18-19H2,1-5H3/b23-8-,28-22-. The molecule has 0 heterocycles. The van der Waals surface area contributed by atoms with Crippen molar-refractivity contribution in [2.24, 2.45) is 4.99 Å². The van der Waals surface area contributed by atoms with Crippen LogP contribution in [0.15, 0.2) is 35.0 Å². The van der Waals surface area contributed by atoms with E-state index in [9.17, 15) is 4.79 Å². The molecular weight excluding hydrogens is 389 g/mol. The molecule has 0 N–H and O–H groups in total. The van der Waals surface area contributed by atoms with Crippen LogP contribution in [-0.4, -0.2) is 25.3 Å². The van der Waals surface area contributed by atoms with Gasteiger partial charge in [0.05, 0.1) is 11.4 Å². The lowest BCUT2D eigenvalue weighted by Gasteiger charge is -2.26. The minimum absolute atomic E-state index is 0.287. The lowest BCUT2D eigenvalue weighted by Crippen LogP contribution is -2.29. The highest BCUT2D eigenvalue weighted by molar-refractivity contribution is 6.09. The normalized spacial score (nSPS) is 12.2. The van der Waals surface area contributed by atoms with Crippen LogP contribution in [0, 0.1) is 5.82 Å². The fraction of sp³-hybridized carbons (Fsp3) is 0.615. The molecule has 0 aliphatic carbocycles. The summed E-state index contributed by atoms with van der Waals surface area (Å²) in [6, 6.07) is 5.08. The first-order valence-electron chi connectivity index (χ1n) is 12.0. The number of amidine groups is 1. The van der Waals surface area contributed by atoms with E-state index in [1.165, 1.54) is 49.5 Å². The van der Waals surface area contributed by atoms with E-state index in [4.69, 9.17) is 0 Å². The van der Waals surface area contributed by atoms with Gasteiger partial charge < -0.3 is 4.90 Å². The number of hydrogen-bond acceptors (Lipinski definition) is 3. The minimum atomic E-state index is -0.287. The summed E-state index contributed by atoms with van der Waals surface area (Å²) in [5.74, 6) is 0.248. The first-order chi connectivity index (χ1) is 15.0. The Hall–Kier alpha value is -2.17. The Balaban J connectivity index is 3.05. The number of hydrogen-bond donors (Lipinski definition) is 0. The van der Waals surface area contributed by atoms with Crippen molar-refractivity contribution in [3.05, 3.63) is 35.8 Å². The van der Waals surface area contributed by atoms with Gasteiger partial charge in [-0.15, -0.1) is 0 Å². The van der Waals surface area contributed by atoms with Crippen LogP contribution in [0.5, 0.6) is 0 Å². The first-order valence-corrected chi connectivity index (χ1v) is 12.0. The van der Waals surface area contributed by atoms with Gasteiger partial charge in [-0.2, -0.15) is 0 Å². The van der Waals surface area contributed by atoms with Crippen LogP contribution in [-0.2, 0) is 4.79 Å². The molecule has 1 rings (SSSR count). The van der Waals surface area contributed by atoms with Crippen molar-refractivity contribution in [1.82, 2.24) is 0 Å². The summed E-state index contributed by atoms with van der Waals surface area (Å²) in [6.45, 7) is 11.8. The third-order valence-corrected chi connectivity index (χ3v) is 5.57. The van der Waals surface area contributed by atoms with Crippen LogP contribution in [0.4, 0.5) is 15.8 Å². The van der Waals surface area contributed by atoms with Gasteiger partial charge >= 0.3 is 0 Å². The van der Waals surface area contributed by atoms with Gasteiger partial charge in [0, 0.05) is 24.9 Å². The fourth-order valence-electron chi connectivity index (χ4n) is 3.65. The third-order valence-electron chi connectivity index (χ3n) is 5.57. The molecule has 0 saturated carbocycles. The molecule has 0 aromatic heterocycles. The summed E-state index contributed by atoms with van der Waals surface area (Å²) in [5.41, 5.74) is 2.02. The molecule has 5 heteroatoms. The number of unbranched alkanes of at least 4 members (excludes halogenated alkanes) is 6. The monoisotopic (exact) mass is 431 g/mol. The largest absolute Gasteiger partial charge is 0.369 e. The first kappa shape index (κ1) is 26.9. The van der Waals surface area contributed by atoms with Crippen molar-refractivity contribution >= 4 is 23.6 Å². The Morgan fingerprint density at radius 1 is 1.00 bits per heavy atom. The SMILES string of the molecule is C/C=C(CC)\N=C(\C)N(C=O)c1ccc(N(CCCCCC)CCCCCC)c(F)c1. The van der Waals surface area contributed by atoms with Gasteiger partial charge in [0.2, 0.25) is 6.41 Å². The minimum Gasteiger partial charge on any atom is -0.369 e. The van der Waals surface area contributed by atoms with Crippen LogP contribution in [0.3, 0.4) is 0 Å². The van der Waals surface area contributed by atoms with Gasteiger partial charge in [0.1, 0.15) is 11.7 Å². The zero-order valence-corrected chi connectivity index (χ0v) is 20.3. The third kappa shape index (κ3) is 9.24. The van der Waals surface area contributed by atoms with Crippen LogP contribution in [0.1, 0.15) is 92.4 Å². The topological polar surface area (TPSA) is 35.9 Å². The molecule has 0 atom stereocenters. The number of aliphatic imine (C=N–C) groups is 1. The maximum atomic E-state index is 15.2. The molecule has 0 aliphatic heterocycles. The number of carbonyl (C=O) groups is 1. The number of benzene rings is 1. The van der Waals surface area contributed by atoms with Crippen molar-refractivity contribution in [2.45, 2.75) is 92.4 Å². The second kappa shape index (κ2) is 15.6. The molecule has 0 unspecified atom stereocenters. The predicted octanol–water partition coefficient (Wildman–Crippen LogP) is 7.49.